The summed E-state index contributed by atoms with van der Waals surface area (Å²) in [5.41, 5.74) is 3.22. The van der Waals surface area contributed by atoms with E-state index >= 15 is 0 Å². The smallest absolute Gasteiger partial charge is 0.273 e. The lowest BCUT2D eigenvalue weighted by atomic mass is 9.93. The number of nitrogens with zero attached hydrogens (tertiary/aromatic N) is 2. The summed E-state index contributed by atoms with van der Waals surface area (Å²) in [6.07, 6.45) is 9.84. The van der Waals surface area contributed by atoms with Crippen LogP contribution in [-0.4, -0.2) is 22.2 Å². The molecule has 6 nitrogen and oxygen atoms in total. The first kappa shape index (κ1) is 20.8. The van der Waals surface area contributed by atoms with Gasteiger partial charge in [0, 0.05) is 35.4 Å². The molecule has 1 heterocycles. The summed E-state index contributed by atoms with van der Waals surface area (Å²) in [7, 11) is 0. The molecule has 1 N–H and O–H groups in total. The monoisotopic (exact) mass is 410 g/mol. The molecule has 0 radical (unpaired) electrons. The van der Waals surface area contributed by atoms with Crippen LogP contribution in [-0.2, 0) is 12.8 Å². The van der Waals surface area contributed by atoms with Gasteiger partial charge in [-0.25, -0.2) is 0 Å². The average molecular weight is 411 g/mol. The maximum absolute atomic E-state index is 13.4. The minimum Gasteiger partial charge on any atom is -0.370 e. The molecule has 7 heteroatoms. The number of hydrogen-bond donors (Lipinski definition) is 1. The lowest BCUT2D eigenvalue weighted by molar-refractivity contribution is -0.692. The van der Waals surface area contributed by atoms with E-state index < -0.39 is 11.0 Å². The Bertz CT molecular complexity index is 987. The summed E-state index contributed by atoms with van der Waals surface area (Å²) in [5.74, 6) is -0.282. The lowest BCUT2D eigenvalue weighted by Crippen LogP contribution is -2.51. The fourth-order valence-electron chi connectivity index (χ4n) is 3.63. The zero-order valence-corrected chi connectivity index (χ0v) is 17.2. The van der Waals surface area contributed by atoms with Gasteiger partial charge in [-0.2, -0.15) is 4.57 Å². The second-order valence-electron chi connectivity index (χ2n) is 7.21. The van der Waals surface area contributed by atoms with Crippen molar-refractivity contribution < 1.29 is 14.3 Å². The number of nitrogens with one attached hydrogen (secondary N) is 1. The third-order valence-corrected chi connectivity index (χ3v) is 5.58. The van der Waals surface area contributed by atoms with Crippen LogP contribution in [0.3, 0.4) is 0 Å². The number of pyridine rings is 1. The van der Waals surface area contributed by atoms with Crippen molar-refractivity contribution in [1.29, 1.82) is 0 Å². The van der Waals surface area contributed by atoms with Gasteiger partial charge in [0.2, 0.25) is 5.78 Å². The second-order valence-corrected chi connectivity index (χ2v) is 7.65. The van der Waals surface area contributed by atoms with Gasteiger partial charge in [0.05, 0.1) is 4.92 Å². The van der Waals surface area contributed by atoms with Gasteiger partial charge in [-0.1, -0.05) is 30.4 Å². The molecule has 0 unspecified atom stereocenters. The Balaban J connectivity index is 2.03. The molecule has 0 saturated carbocycles. The van der Waals surface area contributed by atoms with Crippen molar-refractivity contribution in [3.8, 4) is 0 Å². The highest BCUT2D eigenvalue weighted by Gasteiger charge is 2.34. The van der Waals surface area contributed by atoms with Crippen LogP contribution in [0.15, 0.2) is 49.3 Å². The molecule has 1 aliphatic rings. The highest BCUT2D eigenvalue weighted by molar-refractivity contribution is 7.80. The van der Waals surface area contributed by atoms with Crippen molar-refractivity contribution in [2.75, 3.05) is 6.54 Å². The number of hydrogen-bond acceptors (Lipinski definition) is 4. The molecule has 1 atom stereocenters. The van der Waals surface area contributed by atoms with Crippen molar-refractivity contribution in [3.63, 3.8) is 0 Å². The van der Waals surface area contributed by atoms with Crippen LogP contribution in [0.4, 0.5) is 5.69 Å². The van der Waals surface area contributed by atoms with E-state index in [2.05, 4.69) is 11.9 Å². The van der Waals surface area contributed by atoms with Crippen LogP contribution in [0.2, 0.25) is 0 Å². The van der Waals surface area contributed by atoms with Crippen LogP contribution in [0.25, 0.3) is 0 Å². The first-order valence-corrected chi connectivity index (χ1v) is 10.0. The van der Waals surface area contributed by atoms with Gasteiger partial charge < -0.3 is 5.32 Å². The van der Waals surface area contributed by atoms with Crippen LogP contribution in [0.5, 0.6) is 0 Å². The number of benzene rings is 1. The van der Waals surface area contributed by atoms with Gasteiger partial charge >= 0.3 is 0 Å². The van der Waals surface area contributed by atoms with Crippen LogP contribution in [0, 0.1) is 17.0 Å². The molecule has 29 heavy (non-hydrogen) atoms. The lowest BCUT2D eigenvalue weighted by Gasteiger charge is -2.18. The molecule has 150 valence electrons. The third-order valence-electron chi connectivity index (χ3n) is 5.21. The molecule has 0 aliphatic heterocycles. The number of carbonyl (C=O) groups is 1. The van der Waals surface area contributed by atoms with Gasteiger partial charge in [-0.15, -0.1) is 6.58 Å². The highest BCUT2D eigenvalue weighted by atomic mass is 32.1. The summed E-state index contributed by atoms with van der Waals surface area (Å²) >= 11 is 5.53. The molecule has 2 aromatic rings. The highest BCUT2D eigenvalue weighted by Crippen LogP contribution is 2.23. The van der Waals surface area contributed by atoms with Gasteiger partial charge in [0.25, 0.3) is 11.7 Å². The minimum absolute atomic E-state index is 0.0741. The third kappa shape index (κ3) is 4.56. The van der Waals surface area contributed by atoms with E-state index in [1.54, 1.807) is 25.1 Å². The SMILES string of the molecule is C=CCNC(=S)[C@H](C(=O)c1ccc(C)c([N+](=O)[O-])c1)[n+]1ccc2c(c1)CCCC2. The van der Waals surface area contributed by atoms with E-state index in [1.165, 1.54) is 23.6 Å². The Morgan fingerprint density at radius 3 is 2.76 bits per heavy atom. The first-order chi connectivity index (χ1) is 13.9. The number of rotatable bonds is 7. The van der Waals surface area contributed by atoms with Gasteiger partial charge in [0.1, 0.15) is 0 Å². The van der Waals surface area contributed by atoms with E-state index in [4.69, 9.17) is 12.2 Å². The van der Waals surface area contributed by atoms with E-state index in [9.17, 15) is 14.9 Å². The minimum atomic E-state index is -0.778. The van der Waals surface area contributed by atoms with Gasteiger partial charge in [0.15, 0.2) is 17.4 Å². The van der Waals surface area contributed by atoms with Crippen molar-refractivity contribution >= 4 is 28.7 Å². The zero-order chi connectivity index (χ0) is 21.0. The molecule has 1 aromatic heterocycles. The number of carbonyl (C=O) groups excluding carboxylic acids is 1. The number of nitro groups is 1. The standard InChI is InChI=1S/C22H23N3O3S/c1-3-11-23-22(29)20(24-12-10-16-6-4-5-7-18(16)14-24)21(26)17-9-8-15(2)19(13-17)25(27)28/h3,8-10,12-14,20H,1,4-7,11H2,2H3/p+1/t20-/m0/s1. The van der Waals surface area contributed by atoms with Crippen LogP contribution < -0.4 is 9.88 Å². The van der Waals surface area contributed by atoms with Crippen molar-refractivity contribution in [3.05, 3.63) is 81.7 Å². The summed E-state index contributed by atoms with van der Waals surface area (Å²) in [5, 5.41) is 14.4. The molecular formula is C22H24N3O3S+. The Labute approximate surface area is 175 Å². The number of Topliss-reactive ketones (excluding diaryl/α,β-unsaturated/α-hetero) is 1. The maximum Gasteiger partial charge on any atom is 0.273 e. The number of fused-ring (bicyclic) bond motifs is 1. The predicted molar refractivity (Wildman–Crippen MR) is 115 cm³/mol. The van der Waals surface area contributed by atoms with E-state index in [1.807, 2.05) is 23.0 Å². The molecule has 3 rings (SSSR count). The van der Waals surface area contributed by atoms with Crippen LogP contribution in [0.1, 0.15) is 45.9 Å². The normalized spacial score (nSPS) is 13.8. The van der Waals surface area contributed by atoms with E-state index in [0.717, 1.165) is 19.3 Å². The zero-order valence-electron chi connectivity index (χ0n) is 16.4. The van der Waals surface area contributed by atoms with E-state index in [-0.39, 0.29) is 17.0 Å². The average Bonchev–Trinajstić information content (AvgIpc) is 2.72. The predicted octanol–water partition coefficient (Wildman–Crippen LogP) is 3.60. The summed E-state index contributed by atoms with van der Waals surface area (Å²) < 4.78 is 1.82. The number of aryl methyl sites for hydroxylation is 3. The number of thiocarbonyl (C=S) groups is 1. The molecule has 1 aromatic carbocycles. The van der Waals surface area contributed by atoms with Gasteiger partial charge in [-0.05, 0) is 38.2 Å². The fourth-order valence-corrected chi connectivity index (χ4v) is 3.94. The maximum atomic E-state index is 13.4. The first-order valence-electron chi connectivity index (χ1n) is 9.62. The van der Waals surface area contributed by atoms with E-state index in [0.29, 0.717) is 17.1 Å². The molecule has 0 spiro atoms. The fraction of sp³-hybridized carbons (Fsp3) is 0.318. The number of nitro benzene ring substituents is 1. The van der Waals surface area contributed by atoms with Crippen molar-refractivity contribution in [2.45, 2.75) is 38.6 Å². The van der Waals surface area contributed by atoms with Crippen molar-refractivity contribution in [1.82, 2.24) is 5.32 Å². The molecule has 0 saturated heterocycles. The Morgan fingerprint density at radius 1 is 1.34 bits per heavy atom. The largest absolute Gasteiger partial charge is 0.370 e. The second kappa shape index (κ2) is 9.05. The summed E-state index contributed by atoms with van der Waals surface area (Å²) in [4.78, 5) is 24.6. The molecule has 0 bridgehead atoms. The quantitative estimate of drug-likeness (QED) is 0.189. The topological polar surface area (TPSA) is 76.1 Å². The summed E-state index contributed by atoms with van der Waals surface area (Å²) in [6, 6.07) is 5.81. The number of ketones is 1. The van der Waals surface area contributed by atoms with Gasteiger partial charge in [-0.3, -0.25) is 14.9 Å². The summed E-state index contributed by atoms with van der Waals surface area (Å²) in [6.45, 7) is 5.76. The molecule has 0 amide bonds. The molecular weight excluding hydrogens is 386 g/mol. The molecule has 0 fully saturated rings. The Kier molecular flexibility index (Phi) is 6.49. The Hall–Kier alpha value is -2.93. The van der Waals surface area contributed by atoms with Crippen molar-refractivity contribution in [2.24, 2.45) is 0 Å². The number of aromatic nitrogens is 1. The molecule has 1 aliphatic carbocycles. The Morgan fingerprint density at radius 2 is 2.07 bits per heavy atom. The van der Waals surface area contributed by atoms with Crippen LogP contribution >= 0.6 is 12.2 Å².